The number of aromatic nitrogens is 2. The van der Waals surface area contributed by atoms with Crippen molar-refractivity contribution in [3.05, 3.63) is 88.2 Å². The van der Waals surface area contributed by atoms with Gasteiger partial charge in [-0.1, -0.05) is 54.1 Å². The second-order valence-electron chi connectivity index (χ2n) is 8.66. The number of carboxylic acids is 1. The zero-order chi connectivity index (χ0) is 26.4. The average Bonchev–Trinajstić information content (AvgIpc) is 3.33. The quantitative estimate of drug-likeness (QED) is 0.387. The van der Waals surface area contributed by atoms with Crippen LogP contribution in [0.3, 0.4) is 0 Å². The molecular formula is C26H27ClN4O6. The van der Waals surface area contributed by atoms with Crippen LogP contribution < -0.4 is 5.32 Å². The molecule has 4 rings (SSSR count). The number of nitrogens with one attached hydrogen (secondary N) is 1. The minimum absolute atomic E-state index is 0.0683. The minimum atomic E-state index is -1.84. The number of rotatable bonds is 9. The molecule has 11 heteroatoms. The van der Waals surface area contributed by atoms with Gasteiger partial charge in [0, 0.05) is 24.2 Å². The van der Waals surface area contributed by atoms with Gasteiger partial charge in [0.25, 0.3) is 11.8 Å². The van der Waals surface area contributed by atoms with E-state index in [9.17, 15) is 24.6 Å². The van der Waals surface area contributed by atoms with Gasteiger partial charge in [-0.25, -0.2) is 4.79 Å². The van der Waals surface area contributed by atoms with Crippen molar-refractivity contribution >= 4 is 29.4 Å². The molecule has 0 radical (unpaired) electrons. The lowest BCUT2D eigenvalue weighted by Gasteiger charge is -2.26. The molecule has 194 valence electrons. The fourth-order valence-electron chi connectivity index (χ4n) is 4.04. The first-order valence-corrected chi connectivity index (χ1v) is 12.1. The maximum absolute atomic E-state index is 13.3. The molecule has 0 saturated carbocycles. The summed E-state index contributed by atoms with van der Waals surface area (Å²) in [7, 11) is 0. The molecule has 1 aliphatic rings. The molecule has 37 heavy (non-hydrogen) atoms. The monoisotopic (exact) mass is 526 g/mol. The Morgan fingerprint density at radius 1 is 1.03 bits per heavy atom. The number of aliphatic hydroxyl groups is 1. The Balaban J connectivity index is 1.61. The topological polar surface area (TPSA) is 134 Å². The number of carbonyl (C=O) groups excluding carboxylic acids is 2. The Bertz CT molecular complexity index is 1240. The van der Waals surface area contributed by atoms with E-state index < -0.39 is 24.0 Å². The van der Waals surface area contributed by atoms with Crippen LogP contribution in [-0.4, -0.2) is 81.1 Å². The fourth-order valence-corrected chi connectivity index (χ4v) is 4.16. The van der Waals surface area contributed by atoms with E-state index in [-0.39, 0.29) is 30.3 Å². The highest BCUT2D eigenvalue weighted by molar-refractivity contribution is 6.30. The number of aliphatic hydroxyl groups excluding tert-OH is 1. The van der Waals surface area contributed by atoms with Crippen molar-refractivity contribution in [2.45, 2.75) is 25.1 Å². The summed E-state index contributed by atoms with van der Waals surface area (Å²) in [6.07, 6.45) is -1.75. The van der Waals surface area contributed by atoms with Gasteiger partial charge in [-0.15, -0.1) is 0 Å². The number of benzene rings is 2. The second kappa shape index (κ2) is 12.0. The van der Waals surface area contributed by atoms with Crippen LogP contribution in [0.1, 0.15) is 32.1 Å². The maximum Gasteiger partial charge on any atom is 0.334 e. The zero-order valence-corrected chi connectivity index (χ0v) is 20.7. The predicted molar refractivity (Wildman–Crippen MR) is 135 cm³/mol. The van der Waals surface area contributed by atoms with Gasteiger partial charge < -0.3 is 25.2 Å². The minimum Gasteiger partial charge on any atom is -0.479 e. The van der Waals surface area contributed by atoms with Crippen LogP contribution in [0, 0.1) is 0 Å². The van der Waals surface area contributed by atoms with E-state index in [1.807, 2.05) is 6.07 Å². The number of carbonyl (C=O) groups is 3. The van der Waals surface area contributed by atoms with Crippen LogP contribution >= 0.6 is 11.6 Å². The number of amides is 2. The number of hydrogen-bond donors (Lipinski definition) is 3. The van der Waals surface area contributed by atoms with Crippen LogP contribution in [0.2, 0.25) is 5.02 Å². The van der Waals surface area contributed by atoms with Gasteiger partial charge in [0.2, 0.25) is 0 Å². The Labute approximate surface area is 218 Å². The Kier molecular flexibility index (Phi) is 8.54. The van der Waals surface area contributed by atoms with Gasteiger partial charge in [0.05, 0.1) is 25.8 Å². The number of hydrogen-bond acceptors (Lipinski definition) is 6. The van der Waals surface area contributed by atoms with Crippen molar-refractivity contribution in [2.75, 3.05) is 26.3 Å². The van der Waals surface area contributed by atoms with Crippen molar-refractivity contribution < 1.29 is 29.3 Å². The summed E-state index contributed by atoms with van der Waals surface area (Å²) in [6, 6.07) is 16.2. The molecule has 10 nitrogen and oxygen atoms in total. The third kappa shape index (κ3) is 6.73. The van der Waals surface area contributed by atoms with E-state index in [1.54, 1.807) is 53.4 Å². The van der Waals surface area contributed by atoms with E-state index in [0.717, 1.165) is 11.1 Å². The van der Waals surface area contributed by atoms with Crippen LogP contribution in [0.25, 0.3) is 0 Å². The van der Waals surface area contributed by atoms with Crippen molar-refractivity contribution in [3.8, 4) is 0 Å². The maximum atomic E-state index is 13.3. The molecule has 0 aliphatic carbocycles. The van der Waals surface area contributed by atoms with Crippen LogP contribution in [0.4, 0.5) is 0 Å². The van der Waals surface area contributed by atoms with Crippen molar-refractivity contribution in [2.24, 2.45) is 0 Å². The molecule has 0 spiro atoms. The lowest BCUT2D eigenvalue weighted by molar-refractivity contribution is -0.148. The number of halogens is 1. The molecule has 1 aliphatic heterocycles. The number of nitrogens with zero attached hydrogens (tertiary/aromatic N) is 3. The third-order valence-corrected chi connectivity index (χ3v) is 6.28. The Hall–Kier alpha value is -3.73. The standard InChI is InChI=1S/C26H27ClN4O6/c27-19-8-6-18(7-9-19)16-31-22(25(34)30-10-12-37-13-11-30)15-21(29-31)24(33)28-20(23(32)26(35)36)14-17-4-2-1-3-5-17/h1-9,15,20,23,32H,10-14,16H2,(H,28,33)(H,35,36)/t20-,23-/m1/s1. The average molecular weight is 527 g/mol. The molecule has 1 aromatic heterocycles. The lowest BCUT2D eigenvalue weighted by Crippen LogP contribution is -2.48. The van der Waals surface area contributed by atoms with E-state index in [0.29, 0.717) is 31.3 Å². The Morgan fingerprint density at radius 3 is 2.35 bits per heavy atom. The normalized spacial score (nSPS) is 15.1. The highest BCUT2D eigenvalue weighted by Gasteiger charge is 2.30. The third-order valence-electron chi connectivity index (χ3n) is 6.02. The van der Waals surface area contributed by atoms with Crippen LogP contribution in [0.5, 0.6) is 0 Å². The summed E-state index contributed by atoms with van der Waals surface area (Å²) >= 11 is 5.99. The molecular weight excluding hydrogens is 500 g/mol. The molecule has 0 bridgehead atoms. The number of carboxylic acid groups (broad SMARTS) is 1. The number of morpholine rings is 1. The highest BCUT2D eigenvalue weighted by Crippen LogP contribution is 2.16. The van der Waals surface area contributed by atoms with E-state index in [2.05, 4.69) is 10.4 Å². The molecule has 2 aromatic carbocycles. The molecule has 3 aromatic rings. The first-order valence-electron chi connectivity index (χ1n) is 11.8. The summed E-state index contributed by atoms with van der Waals surface area (Å²) in [5.41, 5.74) is 1.70. The zero-order valence-electron chi connectivity index (χ0n) is 19.9. The summed E-state index contributed by atoms with van der Waals surface area (Å²) in [4.78, 5) is 39.6. The molecule has 1 fully saturated rings. The summed E-state index contributed by atoms with van der Waals surface area (Å²) < 4.78 is 6.78. The largest absolute Gasteiger partial charge is 0.479 e. The fraction of sp³-hybridized carbons (Fsp3) is 0.308. The van der Waals surface area contributed by atoms with Crippen LogP contribution in [0.15, 0.2) is 60.7 Å². The predicted octanol–water partition coefficient (Wildman–Crippen LogP) is 1.84. The van der Waals surface area contributed by atoms with Gasteiger partial charge in [0.15, 0.2) is 11.8 Å². The van der Waals surface area contributed by atoms with Crippen molar-refractivity contribution in [1.82, 2.24) is 20.0 Å². The molecule has 2 amide bonds. The van der Waals surface area contributed by atoms with Gasteiger partial charge in [-0.3, -0.25) is 14.3 Å². The molecule has 2 heterocycles. The van der Waals surface area contributed by atoms with Crippen LogP contribution in [-0.2, 0) is 22.5 Å². The van der Waals surface area contributed by atoms with Gasteiger partial charge in [0.1, 0.15) is 5.69 Å². The first-order chi connectivity index (χ1) is 17.8. The highest BCUT2D eigenvalue weighted by atomic mass is 35.5. The molecule has 1 saturated heterocycles. The smallest absolute Gasteiger partial charge is 0.334 e. The van der Waals surface area contributed by atoms with E-state index in [1.165, 1.54) is 10.7 Å². The number of ether oxygens (including phenoxy) is 1. The second-order valence-corrected chi connectivity index (χ2v) is 9.09. The molecule has 3 N–H and O–H groups in total. The van der Waals surface area contributed by atoms with Crippen molar-refractivity contribution in [1.29, 1.82) is 0 Å². The van der Waals surface area contributed by atoms with Crippen molar-refractivity contribution in [3.63, 3.8) is 0 Å². The first kappa shape index (κ1) is 26.3. The summed E-state index contributed by atoms with van der Waals surface area (Å²) in [6.45, 7) is 1.87. The number of aliphatic carboxylic acids is 1. The van der Waals surface area contributed by atoms with E-state index >= 15 is 0 Å². The molecule has 2 atom stereocenters. The summed E-state index contributed by atoms with van der Waals surface area (Å²) in [5.74, 6) is -2.46. The Morgan fingerprint density at radius 2 is 1.70 bits per heavy atom. The lowest BCUT2D eigenvalue weighted by atomic mass is 10.0. The van der Waals surface area contributed by atoms with Gasteiger partial charge >= 0.3 is 5.97 Å². The molecule has 0 unspecified atom stereocenters. The summed E-state index contributed by atoms with van der Waals surface area (Å²) in [5, 5.41) is 27.1. The SMILES string of the molecule is O=C(N[C@H](Cc1ccccc1)[C@@H](O)C(=O)O)c1cc(C(=O)N2CCOCC2)n(Cc2ccc(Cl)cc2)n1. The van der Waals surface area contributed by atoms with E-state index in [4.69, 9.17) is 16.3 Å². The van der Waals surface area contributed by atoms with Gasteiger partial charge in [-0.05, 0) is 29.7 Å². The van der Waals surface area contributed by atoms with Gasteiger partial charge in [-0.2, -0.15) is 5.10 Å².